The molecule has 5 nitrogen and oxygen atoms in total. The van der Waals surface area contributed by atoms with E-state index in [0.717, 1.165) is 24.1 Å². The van der Waals surface area contributed by atoms with Crippen LogP contribution in [0.5, 0.6) is 11.5 Å². The van der Waals surface area contributed by atoms with Gasteiger partial charge in [-0.25, -0.2) is 0 Å². The molecular weight excluding hydrogens is 373 g/mol. The summed E-state index contributed by atoms with van der Waals surface area (Å²) in [7, 11) is 0. The fourth-order valence-electron chi connectivity index (χ4n) is 2.90. The Morgan fingerprint density at radius 2 is 1.68 bits per heavy atom. The summed E-state index contributed by atoms with van der Waals surface area (Å²) in [5.74, 6) is 0.627. The molecule has 0 radical (unpaired) electrons. The summed E-state index contributed by atoms with van der Waals surface area (Å²) < 4.78 is 48.8. The van der Waals surface area contributed by atoms with Crippen LogP contribution in [0.15, 0.2) is 48.5 Å². The molecule has 2 aromatic carbocycles. The van der Waals surface area contributed by atoms with Crippen LogP contribution in [0.4, 0.5) is 13.2 Å². The van der Waals surface area contributed by atoms with Gasteiger partial charge in [-0.05, 0) is 54.8 Å². The van der Waals surface area contributed by atoms with E-state index in [2.05, 4.69) is 5.32 Å². The first kappa shape index (κ1) is 20.2. The van der Waals surface area contributed by atoms with Crippen molar-refractivity contribution in [3.05, 3.63) is 59.7 Å². The molecule has 150 valence electrons. The zero-order valence-corrected chi connectivity index (χ0v) is 15.0. The highest BCUT2D eigenvalue weighted by molar-refractivity contribution is 5.81. The molecule has 2 atom stereocenters. The highest BCUT2D eigenvalue weighted by Crippen LogP contribution is 2.31. The van der Waals surface area contributed by atoms with Crippen LogP contribution >= 0.6 is 0 Å². The van der Waals surface area contributed by atoms with E-state index in [1.54, 1.807) is 24.3 Å². The van der Waals surface area contributed by atoms with Crippen LogP contribution in [0.25, 0.3) is 0 Å². The second kappa shape index (κ2) is 8.62. The lowest BCUT2D eigenvalue weighted by atomic mass is 10.1. The van der Waals surface area contributed by atoms with Gasteiger partial charge in [0.25, 0.3) is 0 Å². The highest BCUT2D eigenvalue weighted by Gasteiger charge is 2.30. The molecule has 0 unspecified atom stereocenters. The van der Waals surface area contributed by atoms with Crippen LogP contribution in [0.3, 0.4) is 0 Å². The molecule has 0 saturated carbocycles. The van der Waals surface area contributed by atoms with Gasteiger partial charge in [0.2, 0.25) is 5.91 Å². The van der Waals surface area contributed by atoms with Crippen molar-refractivity contribution in [1.82, 2.24) is 5.32 Å². The van der Waals surface area contributed by atoms with Crippen molar-refractivity contribution in [2.75, 3.05) is 6.54 Å². The standard InChI is InChI=1S/C20H21F3N2O3/c21-20(22,23)14-3-7-16(8-4-14)27-15-5-1-13(2-6-15)12-25-19(26)18-10-9-17(11-24)28-18/h1-8,17-18H,9-12,24H2,(H,25,26)/t17-,18+/m1/s1. The molecule has 1 heterocycles. The van der Waals surface area contributed by atoms with Gasteiger partial charge < -0.3 is 20.5 Å². The normalized spacial score (nSPS) is 19.4. The van der Waals surface area contributed by atoms with Crippen molar-refractivity contribution in [1.29, 1.82) is 0 Å². The van der Waals surface area contributed by atoms with E-state index < -0.39 is 17.8 Å². The number of amides is 1. The van der Waals surface area contributed by atoms with Gasteiger partial charge in [-0.15, -0.1) is 0 Å². The highest BCUT2D eigenvalue weighted by atomic mass is 19.4. The third-order valence-electron chi connectivity index (χ3n) is 4.47. The first-order valence-electron chi connectivity index (χ1n) is 8.92. The van der Waals surface area contributed by atoms with Crippen LogP contribution < -0.4 is 15.8 Å². The summed E-state index contributed by atoms with van der Waals surface area (Å²) in [6, 6.07) is 11.4. The average Bonchev–Trinajstić information content (AvgIpc) is 3.16. The number of rotatable bonds is 6. The van der Waals surface area contributed by atoms with E-state index in [1.807, 2.05) is 0 Å². The van der Waals surface area contributed by atoms with Crippen molar-refractivity contribution < 1.29 is 27.4 Å². The molecule has 3 rings (SSSR count). The minimum absolute atomic E-state index is 0.0580. The van der Waals surface area contributed by atoms with Crippen molar-refractivity contribution >= 4 is 5.91 Å². The lowest BCUT2D eigenvalue weighted by Gasteiger charge is -2.13. The summed E-state index contributed by atoms with van der Waals surface area (Å²) >= 11 is 0. The molecule has 1 aliphatic rings. The van der Waals surface area contributed by atoms with Gasteiger partial charge in [0.15, 0.2) is 0 Å². The Balaban J connectivity index is 1.50. The Hall–Kier alpha value is -2.58. The summed E-state index contributed by atoms with van der Waals surface area (Å²) in [4.78, 5) is 12.1. The second-order valence-electron chi connectivity index (χ2n) is 6.55. The summed E-state index contributed by atoms with van der Waals surface area (Å²) in [6.07, 6.45) is -3.45. The molecule has 3 N–H and O–H groups in total. The molecule has 1 saturated heterocycles. The van der Waals surface area contributed by atoms with Crippen LogP contribution in [0, 0.1) is 0 Å². The Labute approximate surface area is 160 Å². The summed E-state index contributed by atoms with van der Waals surface area (Å²) in [6.45, 7) is 0.747. The second-order valence-corrected chi connectivity index (χ2v) is 6.55. The van der Waals surface area contributed by atoms with E-state index in [0.29, 0.717) is 31.0 Å². The van der Waals surface area contributed by atoms with Crippen LogP contribution in [0.1, 0.15) is 24.0 Å². The van der Waals surface area contributed by atoms with E-state index in [-0.39, 0.29) is 12.0 Å². The van der Waals surface area contributed by atoms with Gasteiger partial charge in [0.1, 0.15) is 17.6 Å². The lowest BCUT2D eigenvalue weighted by molar-refractivity contribution is -0.137. The van der Waals surface area contributed by atoms with Crippen molar-refractivity contribution in [2.45, 2.75) is 37.8 Å². The third-order valence-corrected chi connectivity index (χ3v) is 4.47. The van der Waals surface area contributed by atoms with Gasteiger partial charge in [0.05, 0.1) is 11.7 Å². The molecule has 0 bridgehead atoms. The maximum absolute atomic E-state index is 12.6. The number of halogens is 3. The van der Waals surface area contributed by atoms with E-state index in [9.17, 15) is 18.0 Å². The number of hydrogen-bond acceptors (Lipinski definition) is 4. The maximum atomic E-state index is 12.6. The van der Waals surface area contributed by atoms with Crippen molar-refractivity contribution in [3.63, 3.8) is 0 Å². The Morgan fingerprint density at radius 3 is 2.21 bits per heavy atom. The third kappa shape index (κ3) is 5.24. The van der Waals surface area contributed by atoms with Gasteiger partial charge >= 0.3 is 6.18 Å². The van der Waals surface area contributed by atoms with Crippen LogP contribution in [-0.2, 0) is 22.3 Å². The van der Waals surface area contributed by atoms with Crippen molar-refractivity contribution in [3.8, 4) is 11.5 Å². The van der Waals surface area contributed by atoms with Gasteiger partial charge in [-0.2, -0.15) is 13.2 Å². The maximum Gasteiger partial charge on any atom is 0.416 e. The monoisotopic (exact) mass is 394 g/mol. The number of nitrogens with one attached hydrogen (secondary N) is 1. The number of alkyl halides is 3. The number of ether oxygens (including phenoxy) is 2. The van der Waals surface area contributed by atoms with Gasteiger partial charge in [0, 0.05) is 13.1 Å². The lowest BCUT2D eigenvalue weighted by Crippen LogP contribution is -2.35. The number of hydrogen-bond donors (Lipinski definition) is 2. The minimum Gasteiger partial charge on any atom is -0.457 e. The van der Waals surface area contributed by atoms with Crippen LogP contribution in [-0.4, -0.2) is 24.7 Å². The Bertz CT molecular complexity index is 792. The van der Waals surface area contributed by atoms with E-state index >= 15 is 0 Å². The van der Waals surface area contributed by atoms with Crippen LogP contribution in [0.2, 0.25) is 0 Å². The summed E-state index contributed by atoms with van der Waals surface area (Å²) in [5.41, 5.74) is 5.67. The van der Waals surface area contributed by atoms with Gasteiger partial charge in [-0.3, -0.25) is 4.79 Å². The zero-order chi connectivity index (χ0) is 20.1. The first-order valence-corrected chi connectivity index (χ1v) is 8.92. The fourth-order valence-corrected chi connectivity index (χ4v) is 2.90. The molecule has 28 heavy (non-hydrogen) atoms. The average molecular weight is 394 g/mol. The predicted octanol–water partition coefficient (Wildman–Crippen LogP) is 3.62. The smallest absolute Gasteiger partial charge is 0.416 e. The van der Waals surface area contributed by atoms with Gasteiger partial charge in [-0.1, -0.05) is 12.1 Å². The van der Waals surface area contributed by atoms with E-state index in [1.165, 1.54) is 12.1 Å². The SMILES string of the molecule is NC[C@H]1CC[C@@H](C(=O)NCc2ccc(Oc3ccc(C(F)(F)F)cc3)cc2)O1. The Kier molecular flexibility index (Phi) is 6.21. The predicted molar refractivity (Wildman–Crippen MR) is 96.8 cm³/mol. The number of benzene rings is 2. The molecule has 1 amide bonds. The largest absolute Gasteiger partial charge is 0.457 e. The molecule has 0 spiro atoms. The molecule has 1 aliphatic heterocycles. The molecule has 0 aliphatic carbocycles. The molecular formula is C20H21F3N2O3. The molecule has 1 fully saturated rings. The molecule has 8 heteroatoms. The Morgan fingerprint density at radius 1 is 1.07 bits per heavy atom. The summed E-state index contributed by atoms with van der Waals surface area (Å²) in [5, 5.41) is 2.82. The molecule has 0 aromatic heterocycles. The first-order chi connectivity index (χ1) is 13.3. The topological polar surface area (TPSA) is 73.6 Å². The fraction of sp³-hybridized carbons (Fsp3) is 0.350. The van der Waals surface area contributed by atoms with E-state index in [4.69, 9.17) is 15.2 Å². The number of carbonyl (C=O) groups excluding carboxylic acids is 1. The quantitative estimate of drug-likeness (QED) is 0.785. The zero-order valence-electron chi connectivity index (χ0n) is 15.0. The molecule has 2 aromatic rings. The minimum atomic E-state index is -4.38. The van der Waals surface area contributed by atoms with Crippen molar-refractivity contribution in [2.24, 2.45) is 5.73 Å². The number of nitrogens with two attached hydrogens (primary N) is 1. The number of carbonyl (C=O) groups is 1.